The molecule has 1 N–H and O–H groups in total. The van der Waals surface area contributed by atoms with Crippen LogP contribution in [0.5, 0.6) is 0 Å². The molecule has 4 heterocycles. The van der Waals surface area contributed by atoms with Crippen LogP contribution in [0.3, 0.4) is 0 Å². The van der Waals surface area contributed by atoms with Crippen molar-refractivity contribution < 1.29 is 14.0 Å². The first kappa shape index (κ1) is 24.1. The second kappa shape index (κ2) is 9.88. The summed E-state index contributed by atoms with van der Waals surface area (Å²) in [6.45, 7) is 2.87. The highest BCUT2D eigenvalue weighted by molar-refractivity contribution is 7.13. The fourth-order valence-electron chi connectivity index (χ4n) is 5.04. The minimum Gasteiger partial charge on any atom is -0.334 e. The average Bonchev–Trinajstić information content (AvgIpc) is 3.72. The lowest BCUT2D eigenvalue weighted by molar-refractivity contribution is -0.121. The number of halogens is 1. The smallest absolute Gasteiger partial charge is 0.255 e. The van der Waals surface area contributed by atoms with Gasteiger partial charge in [-0.15, -0.1) is 11.3 Å². The van der Waals surface area contributed by atoms with Crippen molar-refractivity contribution in [2.24, 2.45) is 0 Å². The number of hydrogen-bond donors (Lipinski definition) is 1. The summed E-state index contributed by atoms with van der Waals surface area (Å²) in [6.07, 6.45) is 5.94. The fraction of sp³-hybridized carbons (Fsp3) is 0.241. The lowest BCUT2D eigenvalue weighted by Crippen LogP contribution is -2.38. The summed E-state index contributed by atoms with van der Waals surface area (Å²) in [4.78, 5) is 37.3. The molecule has 2 aromatic heterocycles. The fourth-order valence-corrected chi connectivity index (χ4v) is 5.57. The third-order valence-electron chi connectivity index (χ3n) is 7.00. The molecule has 4 aromatic rings. The number of anilines is 1. The van der Waals surface area contributed by atoms with Crippen molar-refractivity contribution in [3.05, 3.63) is 99.3 Å². The Morgan fingerprint density at radius 1 is 1.18 bits per heavy atom. The number of imidazole rings is 1. The maximum Gasteiger partial charge on any atom is 0.255 e. The predicted molar refractivity (Wildman–Crippen MR) is 142 cm³/mol. The molecule has 0 aliphatic carbocycles. The monoisotopic (exact) mass is 525 g/mol. The summed E-state index contributed by atoms with van der Waals surface area (Å²) in [5.41, 5.74) is 4.35. The van der Waals surface area contributed by atoms with E-state index in [2.05, 4.69) is 34.0 Å². The Morgan fingerprint density at radius 3 is 2.76 bits per heavy atom. The molecule has 2 aliphatic heterocycles. The molecule has 0 bridgehead atoms. The van der Waals surface area contributed by atoms with E-state index in [1.807, 2.05) is 28.8 Å². The van der Waals surface area contributed by atoms with Crippen LogP contribution in [0.15, 0.2) is 54.3 Å². The van der Waals surface area contributed by atoms with Gasteiger partial charge >= 0.3 is 0 Å². The predicted octanol–water partition coefficient (Wildman–Crippen LogP) is 4.72. The van der Waals surface area contributed by atoms with Crippen LogP contribution >= 0.6 is 11.3 Å². The zero-order chi connectivity index (χ0) is 26.2. The molecule has 7 nitrogen and oxygen atoms in total. The van der Waals surface area contributed by atoms with Gasteiger partial charge in [-0.05, 0) is 49.1 Å². The van der Waals surface area contributed by atoms with Gasteiger partial charge in [-0.2, -0.15) is 0 Å². The molecular formula is C29H24FN5O2S. The summed E-state index contributed by atoms with van der Waals surface area (Å²) in [6, 6.07) is 9.83. The molecule has 1 unspecified atom stereocenters. The standard InChI is InChI=1S/C29H24FN5O2S/c1-2-18-5-7-19(8-6-18)9-10-20-14-21-22(23(30)15-20)16-35(28(21)37)26(27(36)33-29-31-11-13-38-29)25-24-4-3-12-34(24)17-32-25/h5-8,11,13-15,17,26H,2-4,12,16H2,1H3,(H,31,33,36). The number of nitrogens with one attached hydrogen (secondary N) is 1. The SMILES string of the molecule is CCc1ccc(C#Cc2cc(F)c3c(c2)C(=O)N(C(C(=O)Nc2nccs2)c2ncn4c2CCC4)C3)cc1. The highest BCUT2D eigenvalue weighted by atomic mass is 32.1. The minimum absolute atomic E-state index is 0.0333. The zero-order valence-electron chi connectivity index (χ0n) is 20.7. The summed E-state index contributed by atoms with van der Waals surface area (Å²) >= 11 is 1.28. The topological polar surface area (TPSA) is 80.1 Å². The van der Waals surface area contributed by atoms with Gasteiger partial charge in [0.25, 0.3) is 11.8 Å². The molecule has 0 saturated heterocycles. The molecule has 1 atom stereocenters. The quantitative estimate of drug-likeness (QED) is 0.383. The maximum atomic E-state index is 15.3. The van der Waals surface area contributed by atoms with Gasteiger partial charge in [-0.1, -0.05) is 30.9 Å². The number of rotatable bonds is 5. The molecule has 2 amide bonds. The van der Waals surface area contributed by atoms with Crippen molar-refractivity contribution in [1.82, 2.24) is 19.4 Å². The molecule has 0 saturated carbocycles. The Balaban J connectivity index is 1.33. The van der Waals surface area contributed by atoms with E-state index in [4.69, 9.17) is 0 Å². The number of carbonyl (C=O) groups is 2. The van der Waals surface area contributed by atoms with Crippen molar-refractivity contribution >= 4 is 28.3 Å². The van der Waals surface area contributed by atoms with Crippen molar-refractivity contribution in [2.45, 2.75) is 45.3 Å². The van der Waals surface area contributed by atoms with Crippen LogP contribution in [0, 0.1) is 17.7 Å². The van der Waals surface area contributed by atoms with Crippen molar-refractivity contribution in [2.75, 3.05) is 5.32 Å². The molecule has 190 valence electrons. The van der Waals surface area contributed by atoms with Crippen LogP contribution in [-0.4, -0.2) is 31.2 Å². The molecule has 2 aromatic carbocycles. The number of carbonyl (C=O) groups excluding carboxylic acids is 2. The average molecular weight is 526 g/mol. The van der Waals surface area contributed by atoms with E-state index < -0.39 is 23.7 Å². The molecule has 2 aliphatic rings. The minimum atomic E-state index is -1.01. The van der Waals surface area contributed by atoms with E-state index in [0.717, 1.165) is 37.1 Å². The van der Waals surface area contributed by atoms with E-state index in [0.29, 0.717) is 16.4 Å². The third-order valence-corrected chi connectivity index (χ3v) is 7.69. The number of thiazole rings is 1. The lowest BCUT2D eigenvalue weighted by Gasteiger charge is -2.26. The Morgan fingerprint density at radius 2 is 2.00 bits per heavy atom. The zero-order valence-corrected chi connectivity index (χ0v) is 21.5. The van der Waals surface area contributed by atoms with E-state index in [9.17, 15) is 9.59 Å². The molecule has 0 fully saturated rings. The largest absolute Gasteiger partial charge is 0.334 e. The molecule has 0 radical (unpaired) electrons. The number of benzene rings is 2. The molecule has 6 rings (SSSR count). The maximum absolute atomic E-state index is 15.3. The van der Waals surface area contributed by atoms with Gasteiger partial charge in [0.1, 0.15) is 5.82 Å². The van der Waals surface area contributed by atoms with Crippen molar-refractivity contribution in [1.29, 1.82) is 0 Å². The molecular weight excluding hydrogens is 501 g/mol. The van der Waals surface area contributed by atoms with Gasteiger partial charge in [0.2, 0.25) is 0 Å². The van der Waals surface area contributed by atoms with Gasteiger partial charge < -0.3 is 9.47 Å². The molecule has 0 spiro atoms. The number of fused-ring (bicyclic) bond motifs is 2. The first-order chi connectivity index (χ1) is 18.5. The molecule has 9 heteroatoms. The van der Waals surface area contributed by atoms with Gasteiger partial charge in [-0.3, -0.25) is 14.9 Å². The lowest BCUT2D eigenvalue weighted by atomic mass is 10.0. The first-order valence-electron chi connectivity index (χ1n) is 12.5. The third kappa shape index (κ3) is 4.37. The van der Waals surface area contributed by atoms with Gasteiger partial charge in [0.15, 0.2) is 11.2 Å². The Hall–Kier alpha value is -4.29. The number of aromatic nitrogens is 3. The number of aryl methyl sites for hydroxylation is 2. The van der Waals surface area contributed by atoms with Crippen molar-refractivity contribution in [3.8, 4) is 11.8 Å². The van der Waals surface area contributed by atoms with Gasteiger partial charge in [0, 0.05) is 46.1 Å². The second-order valence-electron chi connectivity index (χ2n) is 9.32. The van der Waals surface area contributed by atoms with E-state index in [1.54, 1.807) is 24.0 Å². The Bertz CT molecular complexity index is 1600. The van der Waals surface area contributed by atoms with E-state index in [-0.39, 0.29) is 17.7 Å². The van der Waals surface area contributed by atoms with Crippen LogP contribution in [0.25, 0.3) is 0 Å². The number of nitrogens with zero attached hydrogens (tertiary/aromatic N) is 4. The normalized spacial score (nSPS) is 14.6. The van der Waals surface area contributed by atoms with Crippen LogP contribution in [0.4, 0.5) is 9.52 Å². The van der Waals surface area contributed by atoms with E-state index >= 15 is 4.39 Å². The summed E-state index contributed by atoms with van der Waals surface area (Å²) in [7, 11) is 0. The van der Waals surface area contributed by atoms with E-state index in [1.165, 1.54) is 27.9 Å². The first-order valence-corrected chi connectivity index (χ1v) is 13.4. The summed E-state index contributed by atoms with van der Waals surface area (Å²) < 4.78 is 17.3. The Labute approximate surface area is 223 Å². The van der Waals surface area contributed by atoms with Crippen LogP contribution in [0.2, 0.25) is 0 Å². The van der Waals surface area contributed by atoms with Gasteiger partial charge in [-0.25, -0.2) is 14.4 Å². The van der Waals surface area contributed by atoms with Gasteiger partial charge in [0.05, 0.1) is 18.6 Å². The van der Waals surface area contributed by atoms with Crippen molar-refractivity contribution in [3.63, 3.8) is 0 Å². The van der Waals surface area contributed by atoms with Crippen LogP contribution in [-0.2, 0) is 30.7 Å². The Kier molecular flexibility index (Phi) is 6.26. The number of hydrogen-bond acceptors (Lipinski definition) is 5. The highest BCUT2D eigenvalue weighted by Gasteiger charge is 2.42. The summed E-state index contributed by atoms with van der Waals surface area (Å²) in [5, 5.41) is 4.99. The summed E-state index contributed by atoms with van der Waals surface area (Å²) in [5.74, 6) is 4.67. The second-order valence-corrected chi connectivity index (χ2v) is 10.2. The highest BCUT2D eigenvalue weighted by Crippen LogP contribution is 2.36. The molecule has 38 heavy (non-hydrogen) atoms. The van der Waals surface area contributed by atoms with Crippen LogP contribution in [0.1, 0.15) is 63.4 Å². The van der Waals surface area contributed by atoms with Crippen LogP contribution < -0.4 is 5.32 Å². The number of amides is 2.